The first-order valence-corrected chi connectivity index (χ1v) is 3.65. The lowest BCUT2D eigenvalue weighted by atomic mass is 10.4. The number of hydrogen-bond donors (Lipinski definition) is 1. The van der Waals surface area contributed by atoms with Gasteiger partial charge in [-0.2, -0.15) is 0 Å². The van der Waals surface area contributed by atoms with Crippen molar-refractivity contribution in [1.29, 1.82) is 0 Å². The van der Waals surface area contributed by atoms with Gasteiger partial charge in [-0.1, -0.05) is 0 Å². The zero-order valence-corrected chi connectivity index (χ0v) is 7.48. The molecule has 0 heterocycles. The minimum Gasteiger partial charge on any atom is -0.372 e. The number of nitrogens with one attached hydrogen (secondary N) is 1. The Morgan fingerprint density at radius 3 is 2.77 bits per heavy atom. The van der Waals surface area contributed by atoms with Crippen LogP contribution in [-0.4, -0.2) is 37.4 Å². The van der Waals surface area contributed by atoms with Crippen molar-refractivity contribution in [3.8, 4) is 0 Å². The molecule has 0 fully saturated rings. The van der Waals surface area contributed by atoms with E-state index in [9.17, 15) is 14.9 Å². The molecule has 1 atom stereocenters. The molecule has 0 aromatic carbocycles. The van der Waals surface area contributed by atoms with Gasteiger partial charge in [-0.05, 0) is 6.92 Å². The Bertz CT molecular complexity index is 184. The zero-order chi connectivity index (χ0) is 10.3. The molecule has 0 aliphatic carbocycles. The molecule has 0 radical (unpaired) electrons. The lowest BCUT2D eigenvalue weighted by Gasteiger charge is -2.09. The van der Waals surface area contributed by atoms with Gasteiger partial charge in [0.1, 0.15) is 12.7 Å². The third-order valence-corrected chi connectivity index (χ3v) is 1.32. The molecular formula is C6H12N2O5. The second-order valence-corrected chi connectivity index (χ2v) is 2.23. The number of ether oxygens (including phenoxy) is 1. The molecule has 0 aromatic rings. The van der Waals surface area contributed by atoms with Crippen LogP contribution in [0.15, 0.2) is 0 Å². The van der Waals surface area contributed by atoms with Gasteiger partial charge in [0.25, 0.3) is 5.09 Å². The first kappa shape index (κ1) is 11.6. The molecule has 1 amide bonds. The Hall–Kier alpha value is -1.37. The van der Waals surface area contributed by atoms with Crippen molar-refractivity contribution in [2.45, 2.75) is 13.0 Å². The molecular weight excluding hydrogens is 180 g/mol. The van der Waals surface area contributed by atoms with Crippen LogP contribution in [0.4, 0.5) is 0 Å². The third-order valence-electron chi connectivity index (χ3n) is 1.32. The van der Waals surface area contributed by atoms with Crippen LogP contribution in [0.2, 0.25) is 0 Å². The van der Waals surface area contributed by atoms with Crippen LogP contribution in [0, 0.1) is 10.1 Å². The standard InChI is InChI=1S/C6H12N2O5/c1-5(12-2)6(9)7-3-4-13-8(10)11/h5H,3-4H2,1-2H3,(H,7,9). The molecule has 1 N–H and O–H groups in total. The summed E-state index contributed by atoms with van der Waals surface area (Å²) in [5.74, 6) is -0.325. The fourth-order valence-corrected chi connectivity index (χ4v) is 0.545. The van der Waals surface area contributed by atoms with Gasteiger partial charge < -0.3 is 14.9 Å². The van der Waals surface area contributed by atoms with Crippen LogP contribution in [0.5, 0.6) is 0 Å². The Morgan fingerprint density at radius 1 is 1.69 bits per heavy atom. The largest absolute Gasteiger partial charge is 0.372 e. The summed E-state index contributed by atoms with van der Waals surface area (Å²) >= 11 is 0. The smallest absolute Gasteiger partial charge is 0.294 e. The summed E-state index contributed by atoms with van der Waals surface area (Å²) in [5, 5.41) is 11.2. The van der Waals surface area contributed by atoms with Crippen LogP contribution in [0.3, 0.4) is 0 Å². The van der Waals surface area contributed by atoms with Gasteiger partial charge in [-0.15, -0.1) is 10.1 Å². The van der Waals surface area contributed by atoms with E-state index in [0.717, 1.165) is 0 Å². The maximum Gasteiger partial charge on any atom is 0.294 e. The molecule has 0 bridgehead atoms. The number of nitrogens with zero attached hydrogens (tertiary/aromatic N) is 1. The Morgan fingerprint density at radius 2 is 2.31 bits per heavy atom. The molecule has 0 aliphatic heterocycles. The highest BCUT2D eigenvalue weighted by molar-refractivity contribution is 5.80. The highest BCUT2D eigenvalue weighted by Crippen LogP contribution is 1.85. The van der Waals surface area contributed by atoms with Crippen molar-refractivity contribution in [2.75, 3.05) is 20.3 Å². The van der Waals surface area contributed by atoms with E-state index < -0.39 is 11.2 Å². The summed E-state index contributed by atoms with van der Waals surface area (Å²) in [6, 6.07) is 0. The molecule has 76 valence electrons. The summed E-state index contributed by atoms with van der Waals surface area (Å²) in [5.41, 5.74) is 0. The molecule has 0 aromatic heterocycles. The van der Waals surface area contributed by atoms with Crippen molar-refractivity contribution in [1.82, 2.24) is 5.32 Å². The van der Waals surface area contributed by atoms with Crippen molar-refractivity contribution in [2.24, 2.45) is 0 Å². The number of carbonyl (C=O) groups is 1. The van der Waals surface area contributed by atoms with E-state index in [1.807, 2.05) is 0 Å². The first-order chi connectivity index (χ1) is 6.07. The van der Waals surface area contributed by atoms with E-state index in [2.05, 4.69) is 10.2 Å². The molecule has 7 heteroatoms. The molecule has 0 aliphatic rings. The van der Waals surface area contributed by atoms with E-state index in [1.54, 1.807) is 6.92 Å². The number of rotatable bonds is 6. The number of carbonyl (C=O) groups excluding carboxylic acids is 1. The van der Waals surface area contributed by atoms with E-state index >= 15 is 0 Å². The van der Waals surface area contributed by atoms with Crippen molar-refractivity contribution in [3.05, 3.63) is 10.1 Å². The van der Waals surface area contributed by atoms with Crippen LogP contribution in [-0.2, 0) is 14.4 Å². The van der Waals surface area contributed by atoms with E-state index in [0.29, 0.717) is 0 Å². The van der Waals surface area contributed by atoms with E-state index in [-0.39, 0.29) is 19.1 Å². The molecule has 1 unspecified atom stereocenters. The summed E-state index contributed by atoms with van der Waals surface area (Å²) in [4.78, 5) is 24.6. The van der Waals surface area contributed by atoms with Gasteiger partial charge in [0.15, 0.2) is 0 Å². The monoisotopic (exact) mass is 192 g/mol. The third kappa shape index (κ3) is 5.85. The highest BCUT2D eigenvalue weighted by Gasteiger charge is 2.09. The number of amides is 1. The first-order valence-electron chi connectivity index (χ1n) is 3.65. The van der Waals surface area contributed by atoms with Gasteiger partial charge >= 0.3 is 0 Å². The van der Waals surface area contributed by atoms with Crippen LogP contribution < -0.4 is 5.32 Å². The summed E-state index contributed by atoms with van der Waals surface area (Å²) in [6.07, 6.45) is -0.560. The van der Waals surface area contributed by atoms with Crippen molar-refractivity contribution < 1.29 is 19.5 Å². The Labute approximate surface area is 75.1 Å². The van der Waals surface area contributed by atoms with Crippen LogP contribution >= 0.6 is 0 Å². The normalized spacial score (nSPS) is 11.8. The summed E-state index contributed by atoms with van der Waals surface area (Å²) < 4.78 is 4.70. The predicted molar refractivity (Wildman–Crippen MR) is 42.4 cm³/mol. The highest BCUT2D eigenvalue weighted by atomic mass is 16.9. The predicted octanol–water partition coefficient (Wildman–Crippen LogP) is -0.654. The summed E-state index contributed by atoms with van der Waals surface area (Å²) in [7, 11) is 1.40. The summed E-state index contributed by atoms with van der Waals surface area (Å²) in [6.45, 7) is 1.51. The van der Waals surface area contributed by atoms with Crippen LogP contribution in [0.25, 0.3) is 0 Å². The van der Waals surface area contributed by atoms with Crippen LogP contribution in [0.1, 0.15) is 6.92 Å². The minimum atomic E-state index is -0.911. The zero-order valence-electron chi connectivity index (χ0n) is 7.48. The fourth-order valence-electron chi connectivity index (χ4n) is 0.545. The lowest BCUT2D eigenvalue weighted by molar-refractivity contribution is -0.757. The van der Waals surface area contributed by atoms with Gasteiger partial charge in [0.2, 0.25) is 5.91 Å². The van der Waals surface area contributed by atoms with E-state index in [4.69, 9.17) is 4.74 Å². The Balaban J connectivity index is 3.42. The molecule has 0 rings (SSSR count). The average molecular weight is 192 g/mol. The van der Waals surface area contributed by atoms with E-state index in [1.165, 1.54) is 7.11 Å². The maximum absolute atomic E-state index is 11.0. The van der Waals surface area contributed by atoms with Crippen molar-refractivity contribution >= 4 is 5.91 Å². The van der Waals surface area contributed by atoms with Gasteiger partial charge in [-0.3, -0.25) is 4.79 Å². The van der Waals surface area contributed by atoms with Gasteiger partial charge in [0, 0.05) is 13.7 Å². The minimum absolute atomic E-state index is 0.0908. The second kappa shape index (κ2) is 6.18. The average Bonchev–Trinajstić information content (AvgIpc) is 2.10. The fraction of sp³-hybridized carbons (Fsp3) is 0.833. The number of methoxy groups -OCH3 is 1. The van der Waals surface area contributed by atoms with Gasteiger partial charge in [0.05, 0.1) is 0 Å². The molecule has 0 saturated heterocycles. The second-order valence-electron chi connectivity index (χ2n) is 2.23. The molecule has 0 saturated carbocycles. The quantitative estimate of drug-likeness (QED) is 0.343. The maximum atomic E-state index is 11.0. The molecule has 13 heavy (non-hydrogen) atoms. The molecule has 7 nitrogen and oxygen atoms in total. The topological polar surface area (TPSA) is 90.7 Å². The molecule has 0 spiro atoms. The van der Waals surface area contributed by atoms with Crippen molar-refractivity contribution in [3.63, 3.8) is 0 Å². The Kier molecular flexibility index (Phi) is 5.53. The van der Waals surface area contributed by atoms with Gasteiger partial charge in [-0.25, -0.2) is 0 Å². The number of hydrogen-bond acceptors (Lipinski definition) is 5. The SMILES string of the molecule is COC(C)C(=O)NCCO[N+](=O)[O-]. The lowest BCUT2D eigenvalue weighted by Crippen LogP contribution is -2.36.